The van der Waals surface area contributed by atoms with E-state index in [2.05, 4.69) is 20.1 Å². The largest absolute Gasteiger partial charge is 0.481 e. The summed E-state index contributed by atoms with van der Waals surface area (Å²) < 4.78 is 7.55. The highest BCUT2D eigenvalue weighted by Crippen LogP contribution is 2.32. The van der Waals surface area contributed by atoms with Gasteiger partial charge in [-0.3, -0.25) is 9.59 Å². The molecule has 0 bridgehead atoms. The molecule has 1 aromatic heterocycles. The number of nitrogens with one attached hydrogen (secondary N) is 1. The minimum absolute atomic E-state index is 0.0779. The molecule has 1 N–H and O–H groups in total. The van der Waals surface area contributed by atoms with E-state index in [0.717, 1.165) is 18.1 Å². The van der Waals surface area contributed by atoms with Crippen molar-refractivity contribution in [2.24, 2.45) is 0 Å². The molecular formula is C16H17N5O3. The van der Waals surface area contributed by atoms with Crippen LogP contribution in [0.4, 0.5) is 5.69 Å². The lowest BCUT2D eigenvalue weighted by atomic mass is 10.1. The summed E-state index contributed by atoms with van der Waals surface area (Å²) in [6, 6.07) is 5.18. The maximum Gasteiger partial charge on any atom is 0.262 e. The number of ether oxygens (including phenoxy) is 1. The summed E-state index contributed by atoms with van der Waals surface area (Å²) in [5.74, 6) is 1.83. The van der Waals surface area contributed by atoms with Crippen molar-refractivity contribution in [2.45, 2.75) is 26.4 Å². The van der Waals surface area contributed by atoms with Gasteiger partial charge in [0.05, 0.1) is 17.8 Å². The second-order valence-corrected chi connectivity index (χ2v) is 5.78. The number of para-hydroxylation sites is 1. The molecule has 0 atom stereocenters. The molecule has 2 aliphatic heterocycles. The molecule has 0 saturated carbocycles. The lowest BCUT2D eigenvalue weighted by Gasteiger charge is -2.29. The molecule has 0 unspecified atom stereocenters. The van der Waals surface area contributed by atoms with Crippen LogP contribution in [-0.4, -0.2) is 44.6 Å². The predicted molar refractivity (Wildman–Crippen MR) is 84.7 cm³/mol. The van der Waals surface area contributed by atoms with Crippen LogP contribution in [0.25, 0.3) is 0 Å². The number of amides is 2. The van der Waals surface area contributed by atoms with Gasteiger partial charge in [-0.15, -0.1) is 10.2 Å². The zero-order valence-corrected chi connectivity index (χ0v) is 13.3. The van der Waals surface area contributed by atoms with Crippen molar-refractivity contribution in [3.8, 4) is 5.75 Å². The molecule has 0 fully saturated rings. The van der Waals surface area contributed by atoms with E-state index in [1.54, 1.807) is 23.1 Å². The van der Waals surface area contributed by atoms with Gasteiger partial charge in [-0.2, -0.15) is 0 Å². The first kappa shape index (κ1) is 14.7. The Hall–Kier alpha value is -2.90. The lowest BCUT2D eigenvalue weighted by Crippen LogP contribution is -2.39. The van der Waals surface area contributed by atoms with Gasteiger partial charge in [0.25, 0.3) is 11.8 Å². The van der Waals surface area contributed by atoms with E-state index in [4.69, 9.17) is 4.74 Å². The Kier molecular flexibility index (Phi) is 3.44. The van der Waals surface area contributed by atoms with Crippen LogP contribution in [0.1, 0.15) is 28.9 Å². The van der Waals surface area contributed by atoms with Crippen LogP contribution in [0.2, 0.25) is 0 Å². The van der Waals surface area contributed by atoms with Crippen molar-refractivity contribution in [1.82, 2.24) is 19.7 Å². The van der Waals surface area contributed by atoms with Gasteiger partial charge in [0.2, 0.25) is 0 Å². The van der Waals surface area contributed by atoms with E-state index >= 15 is 0 Å². The van der Waals surface area contributed by atoms with Crippen LogP contribution in [0.3, 0.4) is 0 Å². The molecule has 4 rings (SSSR count). The SMILES string of the molecule is CCc1nnc2n1CCN(C(=O)c1cccc3c1OCC(=O)N3)C2. The molecule has 8 nitrogen and oxygen atoms in total. The molecule has 0 radical (unpaired) electrons. The number of hydrogen-bond acceptors (Lipinski definition) is 5. The summed E-state index contributed by atoms with van der Waals surface area (Å²) in [5, 5.41) is 11.1. The van der Waals surface area contributed by atoms with E-state index in [9.17, 15) is 9.59 Å². The highest BCUT2D eigenvalue weighted by Gasteiger charge is 2.29. The number of aromatic nitrogens is 3. The molecule has 124 valence electrons. The van der Waals surface area contributed by atoms with Crippen molar-refractivity contribution in [1.29, 1.82) is 0 Å². The van der Waals surface area contributed by atoms with Gasteiger partial charge >= 0.3 is 0 Å². The summed E-state index contributed by atoms with van der Waals surface area (Å²) in [5.41, 5.74) is 0.988. The molecule has 1 aromatic carbocycles. The number of benzene rings is 1. The molecule has 24 heavy (non-hydrogen) atoms. The third-order valence-electron chi connectivity index (χ3n) is 4.30. The zero-order valence-electron chi connectivity index (χ0n) is 13.3. The maximum absolute atomic E-state index is 12.9. The average Bonchev–Trinajstić information content (AvgIpc) is 3.02. The average molecular weight is 327 g/mol. The fourth-order valence-electron chi connectivity index (χ4n) is 3.11. The first-order valence-electron chi connectivity index (χ1n) is 7.93. The first-order chi connectivity index (χ1) is 11.7. The summed E-state index contributed by atoms with van der Waals surface area (Å²) >= 11 is 0. The lowest BCUT2D eigenvalue weighted by molar-refractivity contribution is -0.118. The van der Waals surface area contributed by atoms with Gasteiger partial charge in [0.1, 0.15) is 5.82 Å². The number of anilines is 1. The normalized spacial score (nSPS) is 16.0. The van der Waals surface area contributed by atoms with Crippen LogP contribution in [-0.2, 0) is 24.3 Å². The Balaban J connectivity index is 1.61. The number of rotatable bonds is 2. The standard InChI is InChI=1S/C16H17N5O3/c1-2-12-18-19-13-8-20(6-7-21(12)13)16(23)10-4-3-5-11-15(10)24-9-14(22)17-11/h3-5H,2,6-9H2,1H3,(H,17,22). The van der Waals surface area contributed by atoms with E-state index < -0.39 is 0 Å². The molecular weight excluding hydrogens is 310 g/mol. The van der Waals surface area contributed by atoms with Crippen LogP contribution >= 0.6 is 0 Å². The van der Waals surface area contributed by atoms with Crippen molar-refractivity contribution in [2.75, 3.05) is 18.5 Å². The summed E-state index contributed by atoms with van der Waals surface area (Å²) in [4.78, 5) is 26.1. The molecule has 0 aliphatic carbocycles. The number of fused-ring (bicyclic) bond motifs is 2. The molecule has 2 aliphatic rings. The smallest absolute Gasteiger partial charge is 0.262 e. The van der Waals surface area contributed by atoms with Crippen molar-refractivity contribution < 1.29 is 14.3 Å². The van der Waals surface area contributed by atoms with Gasteiger partial charge in [-0.05, 0) is 12.1 Å². The van der Waals surface area contributed by atoms with Gasteiger partial charge in [-0.1, -0.05) is 13.0 Å². The Morgan fingerprint density at radius 3 is 3.04 bits per heavy atom. The Bertz CT molecular complexity index is 829. The maximum atomic E-state index is 12.9. The molecule has 2 aromatic rings. The van der Waals surface area contributed by atoms with Gasteiger partial charge < -0.3 is 19.5 Å². The second-order valence-electron chi connectivity index (χ2n) is 5.78. The van der Waals surface area contributed by atoms with Gasteiger partial charge in [-0.25, -0.2) is 0 Å². The highest BCUT2D eigenvalue weighted by atomic mass is 16.5. The summed E-state index contributed by atoms with van der Waals surface area (Å²) in [7, 11) is 0. The van der Waals surface area contributed by atoms with Crippen LogP contribution in [0.5, 0.6) is 5.75 Å². The molecule has 0 spiro atoms. The molecule has 3 heterocycles. The Morgan fingerprint density at radius 2 is 2.21 bits per heavy atom. The van der Waals surface area contributed by atoms with Crippen molar-refractivity contribution in [3.63, 3.8) is 0 Å². The van der Waals surface area contributed by atoms with E-state index in [1.807, 2.05) is 6.92 Å². The fraction of sp³-hybridized carbons (Fsp3) is 0.375. The minimum atomic E-state index is -0.217. The molecule has 2 amide bonds. The predicted octanol–water partition coefficient (Wildman–Crippen LogP) is 0.827. The zero-order chi connectivity index (χ0) is 16.7. The molecule has 8 heteroatoms. The van der Waals surface area contributed by atoms with Gasteiger partial charge in [0.15, 0.2) is 18.2 Å². The molecule has 0 saturated heterocycles. The minimum Gasteiger partial charge on any atom is -0.481 e. The number of aryl methyl sites for hydroxylation is 1. The topological polar surface area (TPSA) is 89.3 Å². The first-order valence-corrected chi connectivity index (χ1v) is 7.93. The summed E-state index contributed by atoms with van der Waals surface area (Å²) in [6.07, 6.45) is 0.820. The van der Waals surface area contributed by atoms with E-state index in [1.165, 1.54) is 0 Å². The van der Waals surface area contributed by atoms with Crippen LogP contribution in [0, 0.1) is 0 Å². The Labute approximate surface area is 138 Å². The van der Waals surface area contributed by atoms with Crippen molar-refractivity contribution in [3.05, 3.63) is 35.4 Å². The number of carbonyl (C=O) groups excluding carboxylic acids is 2. The van der Waals surface area contributed by atoms with E-state index in [0.29, 0.717) is 36.6 Å². The highest BCUT2D eigenvalue weighted by molar-refractivity contribution is 6.03. The number of hydrogen-bond donors (Lipinski definition) is 1. The number of nitrogens with zero attached hydrogens (tertiary/aromatic N) is 4. The fourth-order valence-corrected chi connectivity index (χ4v) is 3.11. The van der Waals surface area contributed by atoms with Crippen LogP contribution in [0.15, 0.2) is 18.2 Å². The third kappa shape index (κ3) is 2.31. The van der Waals surface area contributed by atoms with Crippen molar-refractivity contribution >= 4 is 17.5 Å². The van der Waals surface area contributed by atoms with Crippen LogP contribution < -0.4 is 10.1 Å². The third-order valence-corrected chi connectivity index (χ3v) is 4.30. The second kappa shape index (κ2) is 5.63. The number of carbonyl (C=O) groups is 2. The quantitative estimate of drug-likeness (QED) is 0.882. The monoisotopic (exact) mass is 327 g/mol. The Morgan fingerprint density at radius 1 is 1.33 bits per heavy atom. The van der Waals surface area contributed by atoms with E-state index in [-0.39, 0.29) is 18.4 Å². The van der Waals surface area contributed by atoms with Gasteiger partial charge in [0, 0.05) is 19.5 Å². The summed E-state index contributed by atoms with van der Waals surface area (Å²) in [6.45, 7) is 3.65.